The molecule has 3 heterocycles. The Kier molecular flexibility index (Phi) is 7.66. The van der Waals surface area contributed by atoms with Crippen LogP contribution < -0.4 is 15.6 Å². The fourth-order valence-electron chi connectivity index (χ4n) is 3.97. The van der Waals surface area contributed by atoms with Crippen molar-refractivity contribution in [2.24, 2.45) is 0 Å². The number of H-pyrrole nitrogens is 1. The number of methoxy groups -OCH3 is 1. The molecule has 0 unspecified atom stereocenters. The number of fused-ring (bicyclic) bond motifs is 1. The van der Waals surface area contributed by atoms with Crippen molar-refractivity contribution >= 4 is 23.6 Å². The minimum atomic E-state index is -0.164. The van der Waals surface area contributed by atoms with E-state index in [4.69, 9.17) is 9.47 Å². The van der Waals surface area contributed by atoms with E-state index >= 15 is 0 Å². The fraction of sp³-hybridized carbons (Fsp3) is 0.478. The Morgan fingerprint density at radius 2 is 2.03 bits per heavy atom. The van der Waals surface area contributed by atoms with Crippen molar-refractivity contribution in [2.75, 3.05) is 32.6 Å². The minimum absolute atomic E-state index is 0.00284. The summed E-state index contributed by atoms with van der Waals surface area (Å²) < 4.78 is 10.4. The number of amides is 2. The highest BCUT2D eigenvalue weighted by molar-refractivity contribution is 7.99. The van der Waals surface area contributed by atoms with Crippen LogP contribution in [0.2, 0.25) is 0 Å². The van der Waals surface area contributed by atoms with Crippen molar-refractivity contribution in [3.8, 4) is 5.75 Å². The number of carbonyl (C=O) groups excluding carboxylic acids is 2. The van der Waals surface area contributed by atoms with Crippen LogP contribution in [0.5, 0.6) is 5.75 Å². The third-order valence-corrected chi connectivity index (χ3v) is 6.74. The molecule has 0 spiro atoms. The van der Waals surface area contributed by atoms with Crippen LogP contribution >= 0.6 is 11.8 Å². The molecule has 9 nitrogen and oxygen atoms in total. The Hall–Kier alpha value is -2.85. The average Bonchev–Trinajstić information content (AvgIpc) is 2.84. The maximum atomic E-state index is 12.7. The lowest BCUT2D eigenvalue weighted by molar-refractivity contribution is -0.121. The monoisotopic (exact) mass is 472 g/mol. The first kappa shape index (κ1) is 23.3. The second-order valence-corrected chi connectivity index (χ2v) is 9.14. The Labute approximate surface area is 196 Å². The molecule has 2 aliphatic heterocycles. The highest BCUT2D eigenvalue weighted by Gasteiger charge is 2.24. The van der Waals surface area contributed by atoms with E-state index in [9.17, 15) is 14.4 Å². The topological polar surface area (TPSA) is 114 Å². The van der Waals surface area contributed by atoms with E-state index in [2.05, 4.69) is 15.3 Å². The Balaban J connectivity index is 1.19. The number of carbonyl (C=O) groups is 2. The normalized spacial score (nSPS) is 16.2. The van der Waals surface area contributed by atoms with E-state index in [1.54, 1.807) is 31.4 Å². The van der Waals surface area contributed by atoms with Gasteiger partial charge in [0.05, 0.1) is 31.6 Å². The van der Waals surface area contributed by atoms with Gasteiger partial charge >= 0.3 is 0 Å². The zero-order chi connectivity index (χ0) is 23.2. The van der Waals surface area contributed by atoms with Gasteiger partial charge in [0, 0.05) is 43.3 Å². The van der Waals surface area contributed by atoms with Crippen LogP contribution in [-0.2, 0) is 22.6 Å². The summed E-state index contributed by atoms with van der Waals surface area (Å²) in [6.45, 7) is 2.08. The van der Waals surface area contributed by atoms with Gasteiger partial charge in [0.1, 0.15) is 5.75 Å². The number of rotatable bonds is 7. The fourth-order valence-corrected chi connectivity index (χ4v) is 4.79. The third kappa shape index (κ3) is 5.94. The standard InChI is InChI=1S/C23H28N4O5S/c1-31-17-4-2-15(3-5-17)22(30)27-10-6-16(7-11-27)24-20(28)9-13-33-23-25-19-8-12-32-14-18(19)21(29)26-23/h2-5,16H,6-14H2,1H3,(H,24,28)(H,25,26,29). The maximum Gasteiger partial charge on any atom is 0.257 e. The minimum Gasteiger partial charge on any atom is -0.497 e. The Bertz CT molecular complexity index is 1050. The van der Waals surface area contributed by atoms with Gasteiger partial charge in [-0.15, -0.1) is 0 Å². The van der Waals surface area contributed by atoms with Crippen LogP contribution in [-0.4, -0.2) is 65.3 Å². The molecule has 2 aliphatic rings. The molecule has 0 bridgehead atoms. The molecular formula is C23H28N4O5S. The molecule has 4 rings (SSSR count). The average molecular weight is 473 g/mol. The highest BCUT2D eigenvalue weighted by atomic mass is 32.2. The Morgan fingerprint density at radius 3 is 2.76 bits per heavy atom. The molecule has 0 atom stereocenters. The molecule has 0 radical (unpaired) electrons. The summed E-state index contributed by atoms with van der Waals surface area (Å²) in [5, 5.41) is 3.61. The van der Waals surface area contributed by atoms with Gasteiger partial charge < -0.3 is 24.7 Å². The summed E-state index contributed by atoms with van der Waals surface area (Å²) in [7, 11) is 1.59. The van der Waals surface area contributed by atoms with Crippen LogP contribution in [0, 0.1) is 0 Å². The number of aromatic nitrogens is 2. The lowest BCUT2D eigenvalue weighted by Crippen LogP contribution is -2.46. The largest absolute Gasteiger partial charge is 0.497 e. The van der Waals surface area contributed by atoms with Crippen molar-refractivity contribution in [3.63, 3.8) is 0 Å². The molecule has 0 saturated carbocycles. The number of nitrogens with one attached hydrogen (secondary N) is 2. The first-order chi connectivity index (χ1) is 16.0. The zero-order valence-electron chi connectivity index (χ0n) is 18.6. The number of ether oxygens (including phenoxy) is 2. The van der Waals surface area contributed by atoms with E-state index in [0.717, 1.165) is 24.3 Å². The van der Waals surface area contributed by atoms with E-state index in [0.29, 0.717) is 61.2 Å². The summed E-state index contributed by atoms with van der Waals surface area (Å²) in [5.74, 6) is 1.21. The van der Waals surface area contributed by atoms with Crippen molar-refractivity contribution < 1.29 is 19.1 Å². The second kappa shape index (κ2) is 10.8. The molecule has 1 aromatic carbocycles. The quantitative estimate of drug-likeness (QED) is 0.466. The predicted molar refractivity (Wildman–Crippen MR) is 124 cm³/mol. The Morgan fingerprint density at radius 1 is 1.27 bits per heavy atom. The molecule has 1 fully saturated rings. The number of benzene rings is 1. The van der Waals surface area contributed by atoms with Gasteiger partial charge in [-0.05, 0) is 37.1 Å². The summed E-state index contributed by atoms with van der Waals surface area (Å²) >= 11 is 1.37. The van der Waals surface area contributed by atoms with E-state index in [1.807, 2.05) is 4.90 Å². The molecule has 2 amide bonds. The number of likely N-dealkylation sites (tertiary alicyclic amines) is 1. The molecule has 0 aliphatic carbocycles. The third-order valence-electron chi connectivity index (χ3n) is 5.86. The number of hydrogen-bond donors (Lipinski definition) is 2. The van der Waals surface area contributed by atoms with Gasteiger partial charge in [-0.1, -0.05) is 11.8 Å². The number of piperidine rings is 1. The van der Waals surface area contributed by atoms with Gasteiger partial charge in [0.2, 0.25) is 5.91 Å². The number of aromatic amines is 1. The zero-order valence-corrected chi connectivity index (χ0v) is 19.4. The van der Waals surface area contributed by atoms with Crippen LogP contribution in [0.25, 0.3) is 0 Å². The van der Waals surface area contributed by atoms with Crippen molar-refractivity contribution in [3.05, 3.63) is 51.4 Å². The SMILES string of the molecule is COc1ccc(C(=O)N2CCC(NC(=O)CCSc3nc4c(c(=O)[nH]3)COCC4)CC2)cc1. The molecule has 10 heteroatoms. The smallest absolute Gasteiger partial charge is 0.257 e. The second-order valence-electron chi connectivity index (χ2n) is 8.06. The predicted octanol–water partition coefficient (Wildman–Crippen LogP) is 1.75. The molecule has 33 heavy (non-hydrogen) atoms. The van der Waals surface area contributed by atoms with Crippen LogP contribution in [0.1, 0.15) is 40.9 Å². The van der Waals surface area contributed by atoms with Crippen molar-refractivity contribution in [1.29, 1.82) is 0 Å². The van der Waals surface area contributed by atoms with Gasteiger partial charge in [0.25, 0.3) is 11.5 Å². The van der Waals surface area contributed by atoms with Gasteiger partial charge in [-0.3, -0.25) is 14.4 Å². The number of hydrogen-bond acceptors (Lipinski definition) is 7. The van der Waals surface area contributed by atoms with Gasteiger partial charge in [-0.2, -0.15) is 0 Å². The first-order valence-corrected chi connectivity index (χ1v) is 12.1. The molecule has 1 aromatic heterocycles. The van der Waals surface area contributed by atoms with E-state index < -0.39 is 0 Å². The van der Waals surface area contributed by atoms with Gasteiger partial charge in [0.15, 0.2) is 5.16 Å². The van der Waals surface area contributed by atoms with Gasteiger partial charge in [-0.25, -0.2) is 4.98 Å². The maximum absolute atomic E-state index is 12.7. The summed E-state index contributed by atoms with van der Waals surface area (Å²) in [6.07, 6.45) is 2.41. The van der Waals surface area contributed by atoms with Crippen LogP contribution in [0.3, 0.4) is 0 Å². The van der Waals surface area contributed by atoms with Crippen LogP contribution in [0.15, 0.2) is 34.2 Å². The molecule has 2 N–H and O–H groups in total. The van der Waals surface area contributed by atoms with Crippen molar-refractivity contribution in [2.45, 2.75) is 43.5 Å². The summed E-state index contributed by atoms with van der Waals surface area (Å²) in [6, 6.07) is 7.16. The van der Waals surface area contributed by atoms with E-state index in [1.165, 1.54) is 11.8 Å². The molecule has 2 aromatic rings. The highest BCUT2D eigenvalue weighted by Crippen LogP contribution is 2.19. The molecule has 176 valence electrons. The summed E-state index contributed by atoms with van der Waals surface area (Å²) in [4.78, 5) is 46.3. The van der Waals surface area contributed by atoms with Crippen LogP contribution in [0.4, 0.5) is 0 Å². The van der Waals surface area contributed by atoms with E-state index in [-0.39, 0.29) is 23.4 Å². The lowest BCUT2D eigenvalue weighted by atomic mass is 10.0. The lowest BCUT2D eigenvalue weighted by Gasteiger charge is -2.32. The first-order valence-electron chi connectivity index (χ1n) is 11.1. The molecule has 1 saturated heterocycles. The number of nitrogens with zero attached hydrogens (tertiary/aromatic N) is 2. The summed E-state index contributed by atoms with van der Waals surface area (Å²) in [5.41, 5.74) is 1.85. The van der Waals surface area contributed by atoms with Crippen molar-refractivity contribution in [1.82, 2.24) is 20.2 Å². The number of thioether (sulfide) groups is 1. The molecular weight excluding hydrogens is 444 g/mol.